The first-order chi connectivity index (χ1) is 8.97. The number of piperidine rings is 1. The summed E-state index contributed by atoms with van der Waals surface area (Å²) in [6, 6.07) is 0. The summed E-state index contributed by atoms with van der Waals surface area (Å²) in [6.45, 7) is 1.90. The Kier molecular flexibility index (Phi) is 4.34. The van der Waals surface area contributed by atoms with Crippen LogP contribution in [0.1, 0.15) is 45.4 Å². The molecular formula is C14H21NO4. The molecule has 3 atom stereocenters. The molecule has 1 heterocycles. The zero-order valence-electron chi connectivity index (χ0n) is 11.2. The number of ketones is 1. The zero-order valence-corrected chi connectivity index (χ0v) is 11.2. The average molecular weight is 267 g/mol. The number of Topliss-reactive ketones (excluding diaryl/α,β-unsaturated/α-hetero) is 1. The van der Waals surface area contributed by atoms with Gasteiger partial charge in [-0.1, -0.05) is 13.3 Å². The fourth-order valence-corrected chi connectivity index (χ4v) is 3.20. The molecule has 5 nitrogen and oxygen atoms in total. The van der Waals surface area contributed by atoms with Crippen LogP contribution in [0.15, 0.2) is 0 Å². The molecule has 19 heavy (non-hydrogen) atoms. The molecule has 0 aromatic heterocycles. The van der Waals surface area contributed by atoms with E-state index in [0.29, 0.717) is 6.42 Å². The summed E-state index contributed by atoms with van der Waals surface area (Å²) in [4.78, 5) is 34.6. The highest BCUT2D eigenvalue weighted by Gasteiger charge is 2.36. The maximum atomic E-state index is 12.0. The van der Waals surface area contributed by atoms with E-state index in [1.165, 1.54) is 0 Å². The smallest absolute Gasteiger partial charge is 0.226 e. The summed E-state index contributed by atoms with van der Waals surface area (Å²) < 4.78 is 0. The Hall–Kier alpha value is -1.23. The van der Waals surface area contributed by atoms with Gasteiger partial charge in [0.25, 0.3) is 0 Å². The van der Waals surface area contributed by atoms with Crippen molar-refractivity contribution in [3.63, 3.8) is 0 Å². The molecule has 2 fully saturated rings. The number of aliphatic hydroxyl groups excluding tert-OH is 1. The van der Waals surface area contributed by atoms with Gasteiger partial charge in [0, 0.05) is 24.7 Å². The van der Waals surface area contributed by atoms with Crippen LogP contribution in [-0.2, 0) is 14.4 Å². The third-order valence-electron chi connectivity index (χ3n) is 4.27. The number of amides is 2. The number of carbonyl (C=O) groups excluding carboxylic acids is 3. The van der Waals surface area contributed by atoms with Crippen LogP contribution in [0.3, 0.4) is 0 Å². The van der Waals surface area contributed by atoms with Gasteiger partial charge in [0.15, 0.2) is 0 Å². The molecule has 1 aliphatic heterocycles. The fourth-order valence-electron chi connectivity index (χ4n) is 3.20. The zero-order chi connectivity index (χ0) is 14.0. The van der Waals surface area contributed by atoms with Crippen LogP contribution < -0.4 is 5.32 Å². The minimum absolute atomic E-state index is 0.0182. The van der Waals surface area contributed by atoms with E-state index in [-0.39, 0.29) is 48.2 Å². The molecule has 0 radical (unpaired) electrons. The lowest BCUT2D eigenvalue weighted by molar-refractivity contribution is -0.135. The second-order valence-electron chi connectivity index (χ2n) is 5.89. The van der Waals surface area contributed by atoms with Gasteiger partial charge in [-0.05, 0) is 25.2 Å². The number of nitrogens with one attached hydrogen (secondary N) is 1. The van der Waals surface area contributed by atoms with Crippen molar-refractivity contribution in [3.8, 4) is 0 Å². The van der Waals surface area contributed by atoms with E-state index in [4.69, 9.17) is 0 Å². The van der Waals surface area contributed by atoms with Gasteiger partial charge in [-0.15, -0.1) is 0 Å². The Bertz CT molecular complexity index is 377. The van der Waals surface area contributed by atoms with Gasteiger partial charge in [0.2, 0.25) is 11.8 Å². The monoisotopic (exact) mass is 267 g/mol. The van der Waals surface area contributed by atoms with Crippen LogP contribution in [0.5, 0.6) is 0 Å². The lowest BCUT2D eigenvalue weighted by Crippen LogP contribution is -2.41. The van der Waals surface area contributed by atoms with Crippen molar-refractivity contribution in [3.05, 3.63) is 0 Å². The fraction of sp³-hybridized carbons (Fsp3) is 0.786. The normalized spacial score (nSPS) is 31.2. The standard InChI is InChI=1S/C14H21NO4/c1-8-3-2-4-10(14(8)19)11(16)5-9-6-12(17)15-13(18)7-9/h8-11,16H,2-7H2,1H3,(H,15,17,18)/t8?,10?,11-/m1/s1. The van der Waals surface area contributed by atoms with E-state index in [0.717, 1.165) is 19.3 Å². The third-order valence-corrected chi connectivity index (χ3v) is 4.27. The first-order valence-corrected chi connectivity index (χ1v) is 7.02. The van der Waals surface area contributed by atoms with E-state index < -0.39 is 6.10 Å². The van der Waals surface area contributed by atoms with Crippen molar-refractivity contribution >= 4 is 17.6 Å². The van der Waals surface area contributed by atoms with Crippen LogP contribution in [-0.4, -0.2) is 28.8 Å². The number of hydrogen-bond acceptors (Lipinski definition) is 4. The van der Waals surface area contributed by atoms with Crippen molar-refractivity contribution in [1.82, 2.24) is 5.32 Å². The van der Waals surface area contributed by atoms with Crippen LogP contribution in [0.25, 0.3) is 0 Å². The summed E-state index contributed by atoms with van der Waals surface area (Å²) >= 11 is 0. The van der Waals surface area contributed by atoms with Gasteiger partial charge in [-0.3, -0.25) is 19.7 Å². The summed E-state index contributed by atoms with van der Waals surface area (Å²) in [5, 5.41) is 12.5. The summed E-state index contributed by atoms with van der Waals surface area (Å²) in [5.74, 6) is -0.867. The highest BCUT2D eigenvalue weighted by Crippen LogP contribution is 2.31. The second kappa shape index (κ2) is 5.82. The number of hydrogen-bond donors (Lipinski definition) is 2. The van der Waals surface area contributed by atoms with E-state index in [1.807, 2.05) is 6.92 Å². The quantitative estimate of drug-likeness (QED) is 0.741. The molecule has 1 aliphatic carbocycles. The van der Waals surface area contributed by atoms with E-state index in [2.05, 4.69) is 5.32 Å². The van der Waals surface area contributed by atoms with E-state index in [9.17, 15) is 19.5 Å². The van der Waals surface area contributed by atoms with Crippen LogP contribution in [0.2, 0.25) is 0 Å². The molecule has 106 valence electrons. The van der Waals surface area contributed by atoms with Crippen molar-refractivity contribution in [2.24, 2.45) is 17.8 Å². The molecule has 1 saturated heterocycles. The number of carbonyl (C=O) groups is 3. The largest absolute Gasteiger partial charge is 0.392 e. The van der Waals surface area contributed by atoms with Crippen molar-refractivity contribution < 1.29 is 19.5 Å². The molecule has 0 aromatic rings. The number of aliphatic hydroxyl groups is 1. The van der Waals surface area contributed by atoms with Gasteiger partial charge >= 0.3 is 0 Å². The van der Waals surface area contributed by atoms with Crippen molar-refractivity contribution in [1.29, 1.82) is 0 Å². The Balaban J connectivity index is 1.93. The predicted molar refractivity (Wildman–Crippen MR) is 68.0 cm³/mol. The molecule has 2 rings (SSSR count). The highest BCUT2D eigenvalue weighted by atomic mass is 16.3. The SMILES string of the molecule is CC1CCCC([C@H](O)CC2CC(=O)NC(=O)C2)C1=O. The Morgan fingerprint density at radius 1 is 1.21 bits per heavy atom. The van der Waals surface area contributed by atoms with Crippen molar-refractivity contribution in [2.75, 3.05) is 0 Å². The molecular weight excluding hydrogens is 246 g/mol. The molecule has 0 spiro atoms. The van der Waals surface area contributed by atoms with Gasteiger partial charge in [-0.2, -0.15) is 0 Å². The van der Waals surface area contributed by atoms with Crippen molar-refractivity contribution in [2.45, 2.75) is 51.6 Å². The summed E-state index contributed by atoms with van der Waals surface area (Å²) in [6.07, 6.45) is 2.74. The lowest BCUT2D eigenvalue weighted by atomic mass is 9.75. The third kappa shape index (κ3) is 3.41. The molecule has 2 N–H and O–H groups in total. The van der Waals surface area contributed by atoms with E-state index >= 15 is 0 Å². The molecule has 5 heteroatoms. The molecule has 2 aliphatic rings. The number of imide groups is 1. The Labute approximate surface area is 112 Å². The molecule has 0 aromatic carbocycles. The topological polar surface area (TPSA) is 83.5 Å². The molecule has 0 bridgehead atoms. The lowest BCUT2D eigenvalue weighted by Gasteiger charge is -2.31. The number of rotatable bonds is 3. The first-order valence-electron chi connectivity index (χ1n) is 7.02. The molecule has 2 amide bonds. The first kappa shape index (κ1) is 14.2. The predicted octanol–water partition coefficient (Wildman–Crippen LogP) is 0.795. The van der Waals surface area contributed by atoms with Gasteiger partial charge in [0.05, 0.1) is 6.10 Å². The minimum Gasteiger partial charge on any atom is -0.392 e. The summed E-state index contributed by atoms with van der Waals surface area (Å²) in [5.41, 5.74) is 0. The van der Waals surface area contributed by atoms with E-state index in [1.54, 1.807) is 0 Å². The van der Waals surface area contributed by atoms with Gasteiger partial charge < -0.3 is 5.11 Å². The maximum absolute atomic E-state index is 12.0. The highest BCUT2D eigenvalue weighted by molar-refractivity contribution is 5.97. The van der Waals surface area contributed by atoms with Gasteiger partial charge in [0.1, 0.15) is 5.78 Å². The van der Waals surface area contributed by atoms with Crippen LogP contribution in [0, 0.1) is 17.8 Å². The minimum atomic E-state index is -0.723. The Morgan fingerprint density at radius 2 is 1.84 bits per heavy atom. The molecule has 2 unspecified atom stereocenters. The maximum Gasteiger partial charge on any atom is 0.226 e. The average Bonchev–Trinajstić information content (AvgIpc) is 2.31. The van der Waals surface area contributed by atoms with Crippen LogP contribution >= 0.6 is 0 Å². The summed E-state index contributed by atoms with van der Waals surface area (Å²) in [7, 11) is 0. The van der Waals surface area contributed by atoms with Crippen LogP contribution in [0.4, 0.5) is 0 Å². The van der Waals surface area contributed by atoms with Gasteiger partial charge in [-0.25, -0.2) is 0 Å². The second-order valence-corrected chi connectivity index (χ2v) is 5.89. The Morgan fingerprint density at radius 3 is 2.47 bits per heavy atom. The molecule has 1 saturated carbocycles.